The molecule has 4 rings (SSSR count). The van der Waals surface area contributed by atoms with Gasteiger partial charge in [-0.05, 0) is 35.9 Å². The molecule has 0 amide bonds. The SMILES string of the molecule is N#C/C(=C/c1ccc(OCc2ccccn2)cc1)c1nc(-c2ccccc2)cs1. The van der Waals surface area contributed by atoms with E-state index in [0.29, 0.717) is 17.2 Å². The van der Waals surface area contributed by atoms with Crippen LogP contribution in [0.2, 0.25) is 0 Å². The number of hydrogen-bond acceptors (Lipinski definition) is 5. The summed E-state index contributed by atoms with van der Waals surface area (Å²) in [5.41, 5.74) is 4.26. The maximum Gasteiger partial charge on any atom is 0.134 e. The minimum atomic E-state index is 0.418. The number of allylic oxidation sites excluding steroid dienone is 1. The fraction of sp³-hybridized carbons (Fsp3) is 0.0417. The molecule has 0 saturated heterocycles. The molecule has 0 spiro atoms. The van der Waals surface area contributed by atoms with Crippen LogP contribution in [-0.2, 0) is 6.61 Å². The molecule has 2 aromatic carbocycles. The van der Waals surface area contributed by atoms with Gasteiger partial charge in [-0.3, -0.25) is 4.98 Å². The molecule has 0 aliphatic rings. The Labute approximate surface area is 173 Å². The minimum Gasteiger partial charge on any atom is -0.487 e. The molecule has 0 atom stereocenters. The Kier molecular flexibility index (Phi) is 5.75. The Bertz CT molecular complexity index is 1140. The van der Waals surface area contributed by atoms with Gasteiger partial charge >= 0.3 is 0 Å². The van der Waals surface area contributed by atoms with Crippen LogP contribution in [0.5, 0.6) is 5.75 Å². The van der Waals surface area contributed by atoms with Gasteiger partial charge in [-0.15, -0.1) is 11.3 Å². The van der Waals surface area contributed by atoms with E-state index in [-0.39, 0.29) is 0 Å². The number of ether oxygens (including phenoxy) is 1. The van der Waals surface area contributed by atoms with Crippen LogP contribution in [0.4, 0.5) is 0 Å². The Hall–Kier alpha value is -3.75. The van der Waals surface area contributed by atoms with Crippen LogP contribution in [0.3, 0.4) is 0 Å². The summed E-state index contributed by atoms with van der Waals surface area (Å²) in [5, 5.41) is 12.3. The van der Waals surface area contributed by atoms with Crippen LogP contribution in [0.25, 0.3) is 22.9 Å². The fourth-order valence-corrected chi connectivity index (χ4v) is 3.54. The van der Waals surface area contributed by atoms with Crippen molar-refractivity contribution in [3.63, 3.8) is 0 Å². The zero-order valence-electron chi connectivity index (χ0n) is 15.5. The van der Waals surface area contributed by atoms with Crippen LogP contribution in [0.1, 0.15) is 16.3 Å². The first-order chi connectivity index (χ1) is 14.3. The molecule has 0 saturated carbocycles. The van der Waals surface area contributed by atoms with Gasteiger partial charge in [0, 0.05) is 17.1 Å². The average molecular weight is 395 g/mol. The minimum absolute atomic E-state index is 0.418. The van der Waals surface area contributed by atoms with Crippen molar-refractivity contribution < 1.29 is 4.74 Å². The number of aromatic nitrogens is 2. The van der Waals surface area contributed by atoms with Crippen LogP contribution >= 0.6 is 11.3 Å². The van der Waals surface area contributed by atoms with Crippen molar-refractivity contribution in [3.8, 4) is 23.1 Å². The molecule has 4 aromatic rings. The predicted molar refractivity (Wildman–Crippen MR) is 116 cm³/mol. The van der Waals surface area contributed by atoms with Gasteiger partial charge in [0.2, 0.25) is 0 Å². The standard InChI is InChI=1S/C24H17N3OS/c25-15-20(24-27-23(17-29-24)19-6-2-1-3-7-19)14-18-9-11-22(12-10-18)28-16-21-8-4-5-13-26-21/h1-14,17H,16H2/b20-14-. The Balaban J connectivity index is 1.47. The van der Waals surface area contributed by atoms with Crippen molar-refractivity contribution in [1.29, 1.82) is 5.26 Å². The fourth-order valence-electron chi connectivity index (χ4n) is 2.75. The summed E-state index contributed by atoms with van der Waals surface area (Å²) in [7, 11) is 0. The van der Waals surface area contributed by atoms with Crippen LogP contribution < -0.4 is 4.74 Å². The zero-order chi connectivity index (χ0) is 19.9. The maximum atomic E-state index is 9.60. The molecule has 29 heavy (non-hydrogen) atoms. The predicted octanol–water partition coefficient (Wildman–Crippen LogP) is 5.85. The van der Waals surface area contributed by atoms with Crippen molar-refractivity contribution in [2.45, 2.75) is 6.61 Å². The van der Waals surface area contributed by atoms with Gasteiger partial charge in [0.15, 0.2) is 0 Å². The summed E-state index contributed by atoms with van der Waals surface area (Å²) < 4.78 is 5.76. The smallest absolute Gasteiger partial charge is 0.134 e. The van der Waals surface area contributed by atoms with Gasteiger partial charge in [0.1, 0.15) is 23.4 Å². The molecule has 0 unspecified atom stereocenters. The second-order valence-corrected chi connectivity index (χ2v) is 7.11. The second kappa shape index (κ2) is 8.96. The Morgan fingerprint density at radius 2 is 1.79 bits per heavy atom. The number of nitrogens with zero attached hydrogens (tertiary/aromatic N) is 3. The molecule has 2 heterocycles. The average Bonchev–Trinajstić information content (AvgIpc) is 3.28. The number of pyridine rings is 1. The molecule has 140 valence electrons. The number of nitriles is 1. The van der Waals surface area contributed by atoms with Crippen molar-refractivity contribution >= 4 is 23.0 Å². The third-order valence-electron chi connectivity index (χ3n) is 4.23. The van der Waals surface area contributed by atoms with E-state index in [4.69, 9.17) is 4.74 Å². The van der Waals surface area contributed by atoms with E-state index < -0.39 is 0 Å². The topological polar surface area (TPSA) is 58.8 Å². The van der Waals surface area contributed by atoms with Crippen LogP contribution in [0, 0.1) is 11.3 Å². The van der Waals surface area contributed by atoms with Crippen molar-refractivity contribution in [2.75, 3.05) is 0 Å². The summed E-state index contributed by atoms with van der Waals surface area (Å²) >= 11 is 1.47. The summed E-state index contributed by atoms with van der Waals surface area (Å²) in [6.45, 7) is 0.418. The van der Waals surface area contributed by atoms with E-state index in [0.717, 1.165) is 28.3 Å². The monoisotopic (exact) mass is 395 g/mol. The highest BCUT2D eigenvalue weighted by atomic mass is 32.1. The highest BCUT2D eigenvalue weighted by Gasteiger charge is 2.09. The molecule has 0 N–H and O–H groups in total. The molecule has 5 heteroatoms. The lowest BCUT2D eigenvalue weighted by Gasteiger charge is -2.05. The highest BCUT2D eigenvalue weighted by Crippen LogP contribution is 2.27. The Morgan fingerprint density at radius 3 is 2.52 bits per heavy atom. The summed E-state index contributed by atoms with van der Waals surface area (Å²) in [4.78, 5) is 8.87. The number of rotatable bonds is 6. The molecule has 0 aliphatic carbocycles. The number of hydrogen-bond donors (Lipinski definition) is 0. The maximum absolute atomic E-state index is 9.60. The molecule has 2 aromatic heterocycles. The van der Waals surface area contributed by atoms with E-state index in [2.05, 4.69) is 16.0 Å². The van der Waals surface area contributed by atoms with Crippen LogP contribution in [0.15, 0.2) is 84.4 Å². The van der Waals surface area contributed by atoms with Crippen LogP contribution in [-0.4, -0.2) is 9.97 Å². The third-order valence-corrected chi connectivity index (χ3v) is 5.10. The molecule has 0 aliphatic heterocycles. The number of benzene rings is 2. The van der Waals surface area contributed by atoms with Gasteiger partial charge in [0.25, 0.3) is 0 Å². The van der Waals surface area contributed by atoms with E-state index >= 15 is 0 Å². The third kappa shape index (κ3) is 4.75. The van der Waals surface area contributed by atoms with Gasteiger partial charge < -0.3 is 4.74 Å². The molecule has 0 bridgehead atoms. The lowest BCUT2D eigenvalue weighted by atomic mass is 10.1. The second-order valence-electron chi connectivity index (χ2n) is 6.25. The normalized spacial score (nSPS) is 11.1. The quantitative estimate of drug-likeness (QED) is 0.384. The van der Waals surface area contributed by atoms with E-state index in [1.54, 1.807) is 6.20 Å². The molecule has 4 nitrogen and oxygen atoms in total. The van der Waals surface area contributed by atoms with E-state index in [1.165, 1.54) is 11.3 Å². The zero-order valence-corrected chi connectivity index (χ0v) is 16.3. The largest absolute Gasteiger partial charge is 0.487 e. The summed E-state index contributed by atoms with van der Waals surface area (Å²) in [6.07, 6.45) is 3.59. The lowest BCUT2D eigenvalue weighted by molar-refractivity contribution is 0.301. The first-order valence-electron chi connectivity index (χ1n) is 9.08. The van der Waals surface area contributed by atoms with E-state index in [9.17, 15) is 5.26 Å². The lowest BCUT2D eigenvalue weighted by Crippen LogP contribution is -1.97. The molecule has 0 fully saturated rings. The van der Waals surface area contributed by atoms with E-state index in [1.807, 2.05) is 84.3 Å². The van der Waals surface area contributed by atoms with Gasteiger partial charge in [-0.25, -0.2) is 4.98 Å². The number of thiazole rings is 1. The highest BCUT2D eigenvalue weighted by molar-refractivity contribution is 7.11. The van der Waals surface area contributed by atoms with Gasteiger partial charge in [0.05, 0.1) is 17.0 Å². The summed E-state index contributed by atoms with van der Waals surface area (Å²) in [6, 6.07) is 25.6. The van der Waals surface area contributed by atoms with Gasteiger partial charge in [-0.2, -0.15) is 5.26 Å². The Morgan fingerprint density at radius 1 is 1.00 bits per heavy atom. The van der Waals surface area contributed by atoms with Crippen molar-refractivity contribution in [2.24, 2.45) is 0 Å². The van der Waals surface area contributed by atoms with Gasteiger partial charge in [-0.1, -0.05) is 48.5 Å². The molecule has 0 radical (unpaired) electrons. The first kappa shape index (κ1) is 18.6. The molecular formula is C24H17N3OS. The van der Waals surface area contributed by atoms with Crippen molar-refractivity contribution in [3.05, 3.63) is 101 Å². The first-order valence-corrected chi connectivity index (χ1v) is 9.96. The van der Waals surface area contributed by atoms with Crippen molar-refractivity contribution in [1.82, 2.24) is 9.97 Å². The summed E-state index contributed by atoms with van der Waals surface area (Å²) in [5.74, 6) is 0.756. The molecular weight excluding hydrogens is 378 g/mol.